The number of nitrogens with two attached hydrogens (primary N) is 1. The third-order valence-corrected chi connectivity index (χ3v) is 4.28. The molecule has 1 aliphatic rings. The lowest BCUT2D eigenvalue weighted by atomic mass is 9.73. The van der Waals surface area contributed by atoms with E-state index in [0.717, 1.165) is 12.8 Å². The van der Waals surface area contributed by atoms with Crippen LogP contribution in [0.5, 0.6) is 0 Å². The zero-order valence-corrected chi connectivity index (χ0v) is 9.37. The molecule has 0 bridgehead atoms. The SMILES string of the molecule is CN(C(=O)O)C1(C)CCC(N)C1(C)C. The van der Waals surface area contributed by atoms with Gasteiger partial charge in [0.05, 0.1) is 0 Å². The summed E-state index contributed by atoms with van der Waals surface area (Å²) < 4.78 is 0. The summed E-state index contributed by atoms with van der Waals surface area (Å²) in [7, 11) is 1.63. The average molecular weight is 200 g/mol. The topological polar surface area (TPSA) is 66.6 Å². The molecule has 1 fully saturated rings. The molecule has 2 atom stereocenters. The highest BCUT2D eigenvalue weighted by molar-refractivity contribution is 5.66. The first-order valence-electron chi connectivity index (χ1n) is 4.96. The van der Waals surface area contributed by atoms with Gasteiger partial charge in [-0.25, -0.2) is 4.79 Å². The maximum Gasteiger partial charge on any atom is 0.407 e. The predicted octanol–water partition coefficient (Wildman–Crippen LogP) is 1.50. The Morgan fingerprint density at radius 3 is 2.29 bits per heavy atom. The van der Waals surface area contributed by atoms with Crippen LogP contribution in [0.1, 0.15) is 33.6 Å². The van der Waals surface area contributed by atoms with Crippen molar-refractivity contribution in [2.45, 2.75) is 45.2 Å². The van der Waals surface area contributed by atoms with Crippen LogP contribution in [0.25, 0.3) is 0 Å². The summed E-state index contributed by atoms with van der Waals surface area (Å²) in [5, 5.41) is 9.01. The maximum absolute atomic E-state index is 11.0. The van der Waals surface area contributed by atoms with Crippen molar-refractivity contribution in [3.63, 3.8) is 0 Å². The van der Waals surface area contributed by atoms with Gasteiger partial charge in [-0.15, -0.1) is 0 Å². The Kier molecular flexibility index (Phi) is 2.52. The van der Waals surface area contributed by atoms with Crippen molar-refractivity contribution in [2.24, 2.45) is 11.1 Å². The molecule has 14 heavy (non-hydrogen) atoms. The van der Waals surface area contributed by atoms with Crippen molar-refractivity contribution in [3.05, 3.63) is 0 Å². The van der Waals surface area contributed by atoms with Crippen molar-refractivity contribution in [3.8, 4) is 0 Å². The highest BCUT2D eigenvalue weighted by Gasteiger charge is 2.53. The maximum atomic E-state index is 11.0. The van der Waals surface area contributed by atoms with E-state index in [0.29, 0.717) is 0 Å². The Hall–Kier alpha value is -0.770. The van der Waals surface area contributed by atoms with Gasteiger partial charge in [0.15, 0.2) is 0 Å². The molecule has 0 spiro atoms. The second kappa shape index (κ2) is 3.12. The molecule has 0 aromatic carbocycles. The fraction of sp³-hybridized carbons (Fsp3) is 0.900. The van der Waals surface area contributed by atoms with E-state index in [1.54, 1.807) is 7.05 Å². The molecule has 1 saturated carbocycles. The summed E-state index contributed by atoms with van der Waals surface area (Å²) in [4.78, 5) is 12.4. The van der Waals surface area contributed by atoms with Gasteiger partial charge < -0.3 is 15.7 Å². The first-order chi connectivity index (χ1) is 6.23. The molecule has 1 amide bonds. The molecule has 2 unspecified atom stereocenters. The molecule has 4 heteroatoms. The minimum atomic E-state index is -0.880. The summed E-state index contributed by atoms with van der Waals surface area (Å²) in [6.45, 7) is 6.07. The largest absolute Gasteiger partial charge is 0.465 e. The van der Waals surface area contributed by atoms with Crippen molar-refractivity contribution in [1.29, 1.82) is 0 Å². The summed E-state index contributed by atoms with van der Waals surface area (Å²) in [5.74, 6) is 0. The van der Waals surface area contributed by atoms with Gasteiger partial charge in [0.2, 0.25) is 0 Å². The first kappa shape index (κ1) is 11.3. The first-order valence-corrected chi connectivity index (χ1v) is 4.96. The van der Waals surface area contributed by atoms with Crippen LogP contribution in [0, 0.1) is 5.41 Å². The molecule has 1 aliphatic carbocycles. The number of carboxylic acid groups (broad SMARTS) is 1. The van der Waals surface area contributed by atoms with Gasteiger partial charge in [0, 0.05) is 24.0 Å². The van der Waals surface area contributed by atoms with Gasteiger partial charge in [-0.05, 0) is 19.8 Å². The van der Waals surface area contributed by atoms with Crippen LogP contribution in [0.4, 0.5) is 4.79 Å². The Bertz CT molecular complexity index is 253. The van der Waals surface area contributed by atoms with Crippen LogP contribution < -0.4 is 5.73 Å². The van der Waals surface area contributed by atoms with E-state index < -0.39 is 6.09 Å². The van der Waals surface area contributed by atoms with E-state index in [4.69, 9.17) is 10.8 Å². The minimum Gasteiger partial charge on any atom is -0.465 e. The highest BCUT2D eigenvalue weighted by atomic mass is 16.4. The fourth-order valence-electron chi connectivity index (χ4n) is 2.33. The van der Waals surface area contributed by atoms with E-state index in [9.17, 15) is 4.79 Å². The van der Waals surface area contributed by atoms with Crippen LogP contribution in [0.2, 0.25) is 0 Å². The third-order valence-electron chi connectivity index (χ3n) is 4.28. The standard InChI is InChI=1S/C10H20N2O2/c1-9(2)7(11)5-6-10(9,3)12(4)8(13)14/h7H,5-6,11H2,1-4H3,(H,13,14). The zero-order valence-electron chi connectivity index (χ0n) is 9.37. The van der Waals surface area contributed by atoms with Crippen molar-refractivity contribution < 1.29 is 9.90 Å². The number of rotatable bonds is 1. The lowest BCUT2D eigenvalue weighted by molar-refractivity contribution is 0.0385. The monoisotopic (exact) mass is 200 g/mol. The molecule has 3 N–H and O–H groups in total. The Labute approximate surface area is 85.1 Å². The molecule has 0 radical (unpaired) electrons. The van der Waals surface area contributed by atoms with Crippen LogP contribution >= 0.6 is 0 Å². The molecule has 0 aromatic heterocycles. The molecule has 4 nitrogen and oxygen atoms in total. The molecule has 82 valence electrons. The van der Waals surface area contributed by atoms with Crippen LogP contribution in [-0.2, 0) is 0 Å². The van der Waals surface area contributed by atoms with E-state index >= 15 is 0 Å². The summed E-state index contributed by atoms with van der Waals surface area (Å²) in [5.41, 5.74) is 5.49. The average Bonchev–Trinajstić information content (AvgIpc) is 2.29. The van der Waals surface area contributed by atoms with E-state index in [-0.39, 0.29) is 17.0 Å². The second-order valence-corrected chi connectivity index (χ2v) is 4.98. The van der Waals surface area contributed by atoms with Crippen LogP contribution in [-0.4, -0.2) is 34.7 Å². The zero-order chi connectivity index (χ0) is 11.1. The van der Waals surface area contributed by atoms with Gasteiger partial charge in [-0.3, -0.25) is 0 Å². The number of nitrogens with zero attached hydrogens (tertiary/aromatic N) is 1. The molecular formula is C10H20N2O2. The number of carbonyl (C=O) groups is 1. The fourth-order valence-corrected chi connectivity index (χ4v) is 2.33. The van der Waals surface area contributed by atoms with E-state index in [2.05, 4.69) is 0 Å². The second-order valence-electron chi connectivity index (χ2n) is 4.98. The minimum absolute atomic E-state index is 0.0781. The number of hydrogen-bond donors (Lipinski definition) is 2. The Morgan fingerprint density at radius 1 is 1.50 bits per heavy atom. The van der Waals surface area contributed by atoms with Crippen LogP contribution in [0.3, 0.4) is 0 Å². The molecule has 1 rings (SSSR count). The van der Waals surface area contributed by atoms with Gasteiger partial charge in [0.1, 0.15) is 0 Å². The summed E-state index contributed by atoms with van der Waals surface area (Å²) >= 11 is 0. The molecular weight excluding hydrogens is 180 g/mol. The lowest BCUT2D eigenvalue weighted by Crippen LogP contribution is -2.56. The molecule has 0 heterocycles. The smallest absolute Gasteiger partial charge is 0.407 e. The summed E-state index contributed by atoms with van der Waals surface area (Å²) in [6.07, 6.45) is 0.847. The summed E-state index contributed by atoms with van der Waals surface area (Å²) in [6, 6.07) is 0.0781. The van der Waals surface area contributed by atoms with E-state index in [1.165, 1.54) is 4.90 Å². The van der Waals surface area contributed by atoms with Crippen LogP contribution in [0.15, 0.2) is 0 Å². The van der Waals surface area contributed by atoms with E-state index in [1.807, 2.05) is 20.8 Å². The Morgan fingerprint density at radius 2 is 2.00 bits per heavy atom. The van der Waals surface area contributed by atoms with Gasteiger partial charge >= 0.3 is 6.09 Å². The Balaban J connectivity index is 3.01. The van der Waals surface area contributed by atoms with Gasteiger partial charge in [-0.2, -0.15) is 0 Å². The molecule has 0 aromatic rings. The predicted molar refractivity (Wildman–Crippen MR) is 55.2 cm³/mol. The lowest BCUT2D eigenvalue weighted by Gasteiger charge is -2.45. The highest BCUT2D eigenvalue weighted by Crippen LogP contribution is 2.48. The van der Waals surface area contributed by atoms with Crippen molar-refractivity contribution in [2.75, 3.05) is 7.05 Å². The van der Waals surface area contributed by atoms with Gasteiger partial charge in [0.25, 0.3) is 0 Å². The number of amides is 1. The van der Waals surface area contributed by atoms with Crippen molar-refractivity contribution in [1.82, 2.24) is 4.90 Å². The van der Waals surface area contributed by atoms with Crippen molar-refractivity contribution >= 4 is 6.09 Å². The normalized spacial score (nSPS) is 35.6. The molecule has 0 saturated heterocycles. The van der Waals surface area contributed by atoms with Gasteiger partial charge in [-0.1, -0.05) is 13.8 Å². The third kappa shape index (κ3) is 1.29. The molecule has 0 aliphatic heterocycles. The number of hydrogen-bond acceptors (Lipinski definition) is 2. The quantitative estimate of drug-likeness (QED) is 0.674.